The molecule has 6 heteroatoms. The molecular weight excluding hydrogens is 320 g/mol. The molecule has 0 fully saturated rings. The van der Waals surface area contributed by atoms with Crippen LogP contribution in [0.2, 0.25) is 0 Å². The van der Waals surface area contributed by atoms with Crippen molar-refractivity contribution in [2.24, 2.45) is 0 Å². The molecule has 0 radical (unpaired) electrons. The van der Waals surface area contributed by atoms with Gasteiger partial charge in [0.05, 0.1) is 18.9 Å². The van der Waals surface area contributed by atoms with Gasteiger partial charge in [0.1, 0.15) is 5.75 Å². The number of ether oxygens (including phenoxy) is 1. The fourth-order valence-corrected chi connectivity index (χ4v) is 2.34. The van der Waals surface area contributed by atoms with Crippen molar-refractivity contribution in [3.8, 4) is 5.75 Å². The number of benzene rings is 2. The monoisotopic (exact) mass is 342 g/mol. The van der Waals surface area contributed by atoms with Crippen molar-refractivity contribution >= 4 is 17.5 Å². The number of carbonyl (C=O) groups is 2. The highest BCUT2D eigenvalue weighted by Gasteiger charge is 2.16. The Kier molecular flexibility index (Phi) is 6.54. The first-order chi connectivity index (χ1) is 12.0. The standard InChI is InChI=1S/C19H22N2O4/c1-13-8-9-17(25-2)15(12-13)21-19(24)18(23)20-11-10-16(22)14-6-4-3-5-7-14/h3-9,12,16,22H,10-11H2,1-2H3,(H,20,23)(H,21,24)/t16-/m0/s1. The Labute approximate surface area is 146 Å². The van der Waals surface area contributed by atoms with Crippen LogP contribution in [0.4, 0.5) is 5.69 Å². The van der Waals surface area contributed by atoms with Crippen molar-refractivity contribution < 1.29 is 19.4 Å². The highest BCUT2D eigenvalue weighted by Crippen LogP contribution is 2.25. The summed E-state index contributed by atoms with van der Waals surface area (Å²) in [5.41, 5.74) is 2.14. The summed E-state index contributed by atoms with van der Waals surface area (Å²) >= 11 is 0. The lowest BCUT2D eigenvalue weighted by Crippen LogP contribution is -2.36. The minimum atomic E-state index is -0.780. The van der Waals surface area contributed by atoms with E-state index in [9.17, 15) is 14.7 Å². The van der Waals surface area contributed by atoms with E-state index < -0.39 is 17.9 Å². The van der Waals surface area contributed by atoms with Crippen molar-refractivity contribution in [2.45, 2.75) is 19.4 Å². The van der Waals surface area contributed by atoms with Crippen LogP contribution in [0, 0.1) is 6.92 Å². The first-order valence-electron chi connectivity index (χ1n) is 7.98. The van der Waals surface area contributed by atoms with E-state index in [0.717, 1.165) is 11.1 Å². The number of amides is 2. The number of methoxy groups -OCH3 is 1. The van der Waals surface area contributed by atoms with Crippen molar-refractivity contribution in [3.63, 3.8) is 0 Å². The van der Waals surface area contributed by atoms with Gasteiger partial charge < -0.3 is 20.5 Å². The Hall–Kier alpha value is -2.86. The molecule has 0 heterocycles. The third kappa shape index (κ3) is 5.32. The largest absolute Gasteiger partial charge is 0.495 e. The summed E-state index contributed by atoms with van der Waals surface area (Å²) in [4.78, 5) is 23.9. The van der Waals surface area contributed by atoms with Crippen LogP contribution in [0.25, 0.3) is 0 Å². The smallest absolute Gasteiger partial charge is 0.313 e. The van der Waals surface area contributed by atoms with E-state index in [1.165, 1.54) is 7.11 Å². The number of carbonyl (C=O) groups excluding carboxylic acids is 2. The number of anilines is 1. The van der Waals surface area contributed by atoms with Crippen molar-refractivity contribution in [2.75, 3.05) is 19.0 Å². The Morgan fingerprint density at radius 1 is 1.12 bits per heavy atom. The molecule has 0 unspecified atom stereocenters. The number of nitrogens with one attached hydrogen (secondary N) is 2. The second-order valence-corrected chi connectivity index (χ2v) is 5.63. The van der Waals surface area contributed by atoms with Crippen molar-refractivity contribution in [3.05, 3.63) is 59.7 Å². The lowest BCUT2D eigenvalue weighted by atomic mass is 10.1. The fourth-order valence-electron chi connectivity index (χ4n) is 2.34. The van der Waals surface area contributed by atoms with Crippen LogP contribution < -0.4 is 15.4 Å². The van der Waals surface area contributed by atoms with Crippen LogP contribution in [-0.4, -0.2) is 30.6 Å². The van der Waals surface area contributed by atoms with Gasteiger partial charge in [-0.05, 0) is 36.6 Å². The van der Waals surface area contributed by atoms with Crippen LogP contribution in [0.1, 0.15) is 23.7 Å². The van der Waals surface area contributed by atoms with E-state index in [4.69, 9.17) is 4.74 Å². The first kappa shape index (κ1) is 18.5. The average molecular weight is 342 g/mol. The third-order valence-electron chi connectivity index (χ3n) is 3.70. The van der Waals surface area contributed by atoms with Gasteiger partial charge in [0.15, 0.2) is 0 Å². The maximum Gasteiger partial charge on any atom is 0.313 e. The van der Waals surface area contributed by atoms with E-state index in [1.54, 1.807) is 12.1 Å². The summed E-state index contributed by atoms with van der Waals surface area (Å²) in [6.07, 6.45) is -0.377. The second-order valence-electron chi connectivity index (χ2n) is 5.63. The minimum Gasteiger partial charge on any atom is -0.495 e. The maximum absolute atomic E-state index is 12.0. The van der Waals surface area contributed by atoms with Gasteiger partial charge >= 0.3 is 11.8 Å². The highest BCUT2D eigenvalue weighted by molar-refractivity contribution is 6.39. The molecule has 0 aromatic heterocycles. The molecular formula is C19H22N2O4. The lowest BCUT2D eigenvalue weighted by Gasteiger charge is -2.13. The van der Waals surface area contributed by atoms with Gasteiger partial charge in [-0.3, -0.25) is 9.59 Å². The van der Waals surface area contributed by atoms with E-state index in [1.807, 2.05) is 43.3 Å². The number of aliphatic hydroxyl groups excluding tert-OH is 1. The van der Waals surface area contributed by atoms with Gasteiger partial charge in [-0.15, -0.1) is 0 Å². The van der Waals surface area contributed by atoms with Gasteiger partial charge in [-0.1, -0.05) is 36.4 Å². The van der Waals surface area contributed by atoms with Gasteiger partial charge in [-0.2, -0.15) is 0 Å². The van der Waals surface area contributed by atoms with Crippen LogP contribution in [0.15, 0.2) is 48.5 Å². The third-order valence-corrected chi connectivity index (χ3v) is 3.70. The lowest BCUT2D eigenvalue weighted by molar-refractivity contribution is -0.136. The molecule has 1 atom stereocenters. The van der Waals surface area contributed by atoms with Crippen molar-refractivity contribution in [1.82, 2.24) is 5.32 Å². The highest BCUT2D eigenvalue weighted by atomic mass is 16.5. The van der Waals surface area contributed by atoms with E-state index >= 15 is 0 Å². The Morgan fingerprint density at radius 2 is 1.84 bits per heavy atom. The quantitative estimate of drug-likeness (QED) is 0.702. The van der Waals surface area contributed by atoms with Gasteiger partial charge in [0, 0.05) is 6.54 Å². The molecule has 2 amide bonds. The van der Waals surface area contributed by atoms with Crippen LogP contribution in [0.5, 0.6) is 5.75 Å². The van der Waals surface area contributed by atoms with E-state index in [2.05, 4.69) is 10.6 Å². The number of hydrogen-bond acceptors (Lipinski definition) is 4. The Morgan fingerprint density at radius 3 is 2.52 bits per heavy atom. The number of aliphatic hydroxyl groups is 1. The predicted molar refractivity (Wildman–Crippen MR) is 95.4 cm³/mol. The normalized spacial score (nSPS) is 11.5. The zero-order valence-electron chi connectivity index (χ0n) is 14.3. The molecule has 0 aliphatic heterocycles. The molecule has 2 aromatic carbocycles. The van der Waals surface area contributed by atoms with Crippen LogP contribution >= 0.6 is 0 Å². The molecule has 132 valence electrons. The molecule has 0 saturated heterocycles. The molecule has 6 nitrogen and oxygen atoms in total. The van der Waals surface area contributed by atoms with Gasteiger partial charge in [-0.25, -0.2) is 0 Å². The summed E-state index contributed by atoms with van der Waals surface area (Å²) in [5.74, 6) is -1.06. The molecule has 2 rings (SSSR count). The summed E-state index contributed by atoms with van der Waals surface area (Å²) in [5, 5.41) is 15.1. The summed E-state index contributed by atoms with van der Waals surface area (Å²) in [6, 6.07) is 14.4. The molecule has 3 N–H and O–H groups in total. The molecule has 0 aliphatic rings. The van der Waals surface area contributed by atoms with E-state index in [0.29, 0.717) is 17.9 Å². The van der Waals surface area contributed by atoms with Gasteiger partial charge in [0.2, 0.25) is 0 Å². The second kappa shape index (κ2) is 8.84. The summed E-state index contributed by atoms with van der Waals surface area (Å²) in [7, 11) is 1.49. The fraction of sp³-hybridized carbons (Fsp3) is 0.263. The molecule has 0 aliphatic carbocycles. The minimum absolute atomic E-state index is 0.188. The van der Waals surface area contributed by atoms with Crippen molar-refractivity contribution in [1.29, 1.82) is 0 Å². The first-order valence-corrected chi connectivity index (χ1v) is 7.98. The molecule has 25 heavy (non-hydrogen) atoms. The average Bonchev–Trinajstić information content (AvgIpc) is 2.62. The topological polar surface area (TPSA) is 87.7 Å². The molecule has 2 aromatic rings. The Balaban J connectivity index is 1.85. The molecule has 0 saturated carbocycles. The van der Waals surface area contributed by atoms with Crippen LogP contribution in [0.3, 0.4) is 0 Å². The summed E-state index contributed by atoms with van der Waals surface area (Å²) < 4.78 is 5.16. The zero-order valence-corrected chi connectivity index (χ0v) is 14.3. The predicted octanol–water partition coefficient (Wildman–Crippen LogP) is 2.18. The number of rotatable bonds is 6. The summed E-state index contributed by atoms with van der Waals surface area (Å²) in [6.45, 7) is 2.06. The van der Waals surface area contributed by atoms with Crippen LogP contribution in [-0.2, 0) is 9.59 Å². The Bertz CT molecular complexity index is 731. The maximum atomic E-state index is 12.0. The zero-order chi connectivity index (χ0) is 18.2. The number of aryl methyl sites for hydroxylation is 1. The SMILES string of the molecule is COc1ccc(C)cc1NC(=O)C(=O)NCC[C@H](O)c1ccccc1. The van der Waals surface area contributed by atoms with E-state index in [-0.39, 0.29) is 6.54 Å². The molecule has 0 bridgehead atoms. The van der Waals surface area contributed by atoms with Gasteiger partial charge in [0.25, 0.3) is 0 Å². The number of hydrogen-bond donors (Lipinski definition) is 3. The molecule has 0 spiro atoms.